The van der Waals surface area contributed by atoms with Crippen molar-refractivity contribution in [2.45, 2.75) is 176 Å². The minimum atomic E-state index is -1.86. The van der Waals surface area contributed by atoms with Crippen molar-refractivity contribution in [2.75, 3.05) is 13.2 Å². The number of aliphatic carboxylic acids is 1. The number of rotatable bonds is 13. The molecule has 0 aliphatic carbocycles. The minimum Gasteiger partial charge on any atom is -0.507 e. The summed E-state index contributed by atoms with van der Waals surface area (Å²) in [6.07, 6.45) is 0.797. The molecule has 4 aromatic rings. The van der Waals surface area contributed by atoms with E-state index < -0.39 is 23.0 Å². The van der Waals surface area contributed by atoms with E-state index in [1.165, 1.54) is 6.92 Å². The standard InChI is InChI=1S/C55H76O9/c1-32-22-40(29-35(45(32)57)26-37-28-39(51(5,6)7)31-43(48(37)60)54(14,15)16)55(17,49(61)62)64-21-20-63-44(56)19-18-33-23-34(46(58)41(24-33)52(8,9)10)25-36-27-38(50(2,3)4)30-42(47(36)59)53(11,12)13/h22-24,27-31,57-60H,18-21,25-26H2,1-17H3,(H,61,62). The van der Waals surface area contributed by atoms with Crippen LogP contribution in [0.5, 0.6) is 23.0 Å². The van der Waals surface area contributed by atoms with E-state index in [-0.39, 0.29) is 70.7 Å². The number of hydrogen-bond acceptors (Lipinski definition) is 8. The molecule has 4 rings (SSSR count). The van der Waals surface area contributed by atoms with Gasteiger partial charge in [-0.15, -0.1) is 0 Å². The molecule has 0 amide bonds. The van der Waals surface area contributed by atoms with Gasteiger partial charge in [0.25, 0.3) is 0 Å². The summed E-state index contributed by atoms with van der Waals surface area (Å²) in [5.74, 6) is -1.24. The first-order valence-corrected chi connectivity index (χ1v) is 22.5. The maximum atomic E-state index is 13.2. The Balaban J connectivity index is 1.53. The first-order chi connectivity index (χ1) is 29.0. The number of phenols is 4. The molecule has 0 bridgehead atoms. The van der Waals surface area contributed by atoms with Gasteiger partial charge in [0.2, 0.25) is 0 Å². The lowest BCUT2D eigenvalue weighted by Gasteiger charge is -2.28. The number of carboxylic acids is 1. The lowest BCUT2D eigenvalue weighted by Crippen LogP contribution is -2.37. The van der Waals surface area contributed by atoms with Crippen LogP contribution in [0, 0.1) is 6.92 Å². The first kappa shape index (κ1) is 51.6. The summed E-state index contributed by atoms with van der Waals surface area (Å²) in [6.45, 7) is 33.8. The third-order valence-corrected chi connectivity index (χ3v) is 12.2. The smallest absolute Gasteiger partial charge is 0.340 e. The highest BCUT2D eigenvalue weighted by atomic mass is 16.6. The fourth-order valence-electron chi connectivity index (χ4n) is 7.94. The van der Waals surface area contributed by atoms with Gasteiger partial charge in [-0.25, -0.2) is 4.79 Å². The number of carbonyl (C=O) groups is 2. The van der Waals surface area contributed by atoms with E-state index in [4.69, 9.17) is 9.47 Å². The maximum absolute atomic E-state index is 13.2. The van der Waals surface area contributed by atoms with Crippen molar-refractivity contribution in [3.63, 3.8) is 0 Å². The van der Waals surface area contributed by atoms with E-state index in [1.807, 2.05) is 71.9 Å². The maximum Gasteiger partial charge on any atom is 0.340 e. The van der Waals surface area contributed by atoms with Crippen LogP contribution in [0.25, 0.3) is 0 Å². The van der Waals surface area contributed by atoms with Crippen molar-refractivity contribution in [3.05, 3.63) is 115 Å². The molecular formula is C55H76O9. The van der Waals surface area contributed by atoms with Gasteiger partial charge in [0.1, 0.15) is 29.6 Å². The van der Waals surface area contributed by atoms with Crippen LogP contribution in [0.4, 0.5) is 0 Å². The summed E-state index contributed by atoms with van der Waals surface area (Å²) in [6, 6.07) is 15.0. The summed E-state index contributed by atoms with van der Waals surface area (Å²) >= 11 is 0. The molecule has 0 spiro atoms. The zero-order valence-electron chi connectivity index (χ0n) is 41.7. The van der Waals surface area contributed by atoms with Crippen molar-refractivity contribution in [2.24, 2.45) is 0 Å². The van der Waals surface area contributed by atoms with Gasteiger partial charge in [0.15, 0.2) is 5.60 Å². The van der Waals surface area contributed by atoms with Crippen molar-refractivity contribution >= 4 is 11.9 Å². The summed E-state index contributed by atoms with van der Waals surface area (Å²) in [5.41, 5.74) is 5.16. The molecule has 0 aliphatic heterocycles. The molecule has 0 radical (unpaired) electrons. The number of carboxylic acid groups (broad SMARTS) is 1. The summed E-state index contributed by atoms with van der Waals surface area (Å²) in [4.78, 5) is 26.0. The average Bonchev–Trinajstić information content (AvgIpc) is 3.14. The third-order valence-electron chi connectivity index (χ3n) is 12.2. The Kier molecular flexibility index (Phi) is 14.9. The van der Waals surface area contributed by atoms with Crippen LogP contribution < -0.4 is 0 Å². The number of benzene rings is 4. The van der Waals surface area contributed by atoms with Gasteiger partial charge in [-0.3, -0.25) is 4.79 Å². The number of aromatic hydroxyl groups is 4. The largest absolute Gasteiger partial charge is 0.507 e. The van der Waals surface area contributed by atoms with Crippen LogP contribution in [0.15, 0.2) is 48.5 Å². The Morgan fingerprint density at radius 3 is 1.28 bits per heavy atom. The lowest BCUT2D eigenvalue weighted by molar-refractivity contribution is -0.168. The second-order valence-electron chi connectivity index (χ2n) is 23.0. The predicted octanol–water partition coefficient (Wildman–Crippen LogP) is 12.0. The zero-order chi connectivity index (χ0) is 48.7. The molecule has 1 atom stereocenters. The Morgan fingerprint density at radius 2 is 0.875 bits per heavy atom. The molecular weight excluding hydrogens is 805 g/mol. The van der Waals surface area contributed by atoms with E-state index in [0.717, 1.165) is 38.9 Å². The third kappa shape index (κ3) is 12.0. The molecule has 9 heteroatoms. The zero-order valence-corrected chi connectivity index (χ0v) is 41.7. The number of hydrogen-bond donors (Lipinski definition) is 5. The molecule has 0 saturated heterocycles. The predicted molar refractivity (Wildman–Crippen MR) is 256 cm³/mol. The van der Waals surface area contributed by atoms with E-state index >= 15 is 0 Å². The molecule has 0 fully saturated rings. The van der Waals surface area contributed by atoms with Crippen LogP contribution in [0.3, 0.4) is 0 Å². The number of phenolic OH excluding ortho intramolecular Hbond substituents is 4. The molecule has 0 aliphatic rings. The molecule has 0 saturated carbocycles. The SMILES string of the molecule is Cc1cc(C(C)(OCCOC(=O)CCc2cc(Cc3cc(C(C)(C)C)cc(C(C)(C)C)c3O)c(O)c(C(C)(C)C)c2)C(=O)O)cc(Cc2cc(C(C)(C)C)cc(C(C)(C)C)c2O)c1O. The van der Waals surface area contributed by atoms with E-state index in [9.17, 15) is 35.1 Å². The van der Waals surface area contributed by atoms with Crippen molar-refractivity contribution in [1.29, 1.82) is 0 Å². The molecule has 9 nitrogen and oxygen atoms in total. The average molecular weight is 881 g/mol. The summed E-state index contributed by atoms with van der Waals surface area (Å²) in [5, 5.41) is 56.4. The van der Waals surface area contributed by atoms with Crippen LogP contribution in [0.1, 0.15) is 184 Å². The topological polar surface area (TPSA) is 154 Å². The molecule has 64 heavy (non-hydrogen) atoms. The lowest BCUT2D eigenvalue weighted by atomic mass is 9.78. The monoisotopic (exact) mass is 881 g/mol. The molecule has 0 aromatic heterocycles. The summed E-state index contributed by atoms with van der Waals surface area (Å²) < 4.78 is 11.5. The molecule has 1 unspecified atom stereocenters. The number of aryl methyl sites for hydroxylation is 2. The fraction of sp³-hybridized carbons (Fsp3) is 0.527. The van der Waals surface area contributed by atoms with Gasteiger partial charge in [-0.2, -0.15) is 0 Å². The fourth-order valence-corrected chi connectivity index (χ4v) is 7.94. The van der Waals surface area contributed by atoms with Crippen LogP contribution in [0.2, 0.25) is 0 Å². The minimum absolute atomic E-state index is 0.00113. The van der Waals surface area contributed by atoms with Crippen LogP contribution in [-0.4, -0.2) is 50.7 Å². The van der Waals surface area contributed by atoms with Crippen LogP contribution in [-0.2, 0) is 71.0 Å². The molecule has 5 N–H and O–H groups in total. The van der Waals surface area contributed by atoms with Gasteiger partial charge in [0, 0.05) is 19.3 Å². The van der Waals surface area contributed by atoms with Gasteiger partial charge >= 0.3 is 11.9 Å². The second kappa shape index (κ2) is 18.5. The normalized spacial score (nSPS) is 13.8. The summed E-state index contributed by atoms with van der Waals surface area (Å²) in [7, 11) is 0. The highest BCUT2D eigenvalue weighted by Gasteiger charge is 2.38. The Bertz CT molecular complexity index is 2370. The van der Waals surface area contributed by atoms with Gasteiger partial charge in [0.05, 0.1) is 6.61 Å². The van der Waals surface area contributed by atoms with E-state index in [2.05, 4.69) is 68.4 Å². The van der Waals surface area contributed by atoms with Gasteiger partial charge < -0.3 is 35.0 Å². The van der Waals surface area contributed by atoms with Crippen molar-refractivity contribution in [1.82, 2.24) is 0 Å². The molecule has 4 aromatic carbocycles. The number of carbonyl (C=O) groups excluding carboxylic acids is 1. The van der Waals surface area contributed by atoms with Crippen LogP contribution >= 0.6 is 0 Å². The highest BCUT2D eigenvalue weighted by Crippen LogP contribution is 2.43. The molecule has 350 valence electrons. The molecule has 0 heterocycles. The number of ether oxygens (including phenoxy) is 2. The number of esters is 1. The Morgan fingerprint density at radius 1 is 0.484 bits per heavy atom. The Labute approximate surface area is 382 Å². The first-order valence-electron chi connectivity index (χ1n) is 22.5. The second-order valence-corrected chi connectivity index (χ2v) is 23.0. The van der Waals surface area contributed by atoms with Crippen molar-refractivity contribution < 1.29 is 44.6 Å². The highest BCUT2D eigenvalue weighted by molar-refractivity contribution is 5.79. The van der Waals surface area contributed by atoms with E-state index in [1.54, 1.807) is 19.1 Å². The van der Waals surface area contributed by atoms with Gasteiger partial charge in [-0.1, -0.05) is 140 Å². The van der Waals surface area contributed by atoms with Gasteiger partial charge in [-0.05, 0) is 126 Å². The van der Waals surface area contributed by atoms with Crippen molar-refractivity contribution in [3.8, 4) is 23.0 Å². The quantitative estimate of drug-likeness (QED) is 0.0652. The Hall–Kier alpha value is -5.02. The van der Waals surface area contributed by atoms with E-state index in [0.29, 0.717) is 40.7 Å².